The number of carboxylic acid groups (broad SMARTS) is 1. The van der Waals surface area contributed by atoms with E-state index in [0.29, 0.717) is 6.42 Å². The summed E-state index contributed by atoms with van der Waals surface area (Å²) in [4.78, 5) is 11.8. The van der Waals surface area contributed by atoms with Crippen LogP contribution in [0.5, 0.6) is 0 Å². The Morgan fingerprint density at radius 1 is 1.47 bits per heavy atom. The van der Waals surface area contributed by atoms with Crippen LogP contribution in [0.3, 0.4) is 0 Å². The van der Waals surface area contributed by atoms with E-state index in [0.717, 1.165) is 11.1 Å². The molecular weight excluding hydrogens is 210 g/mol. The van der Waals surface area contributed by atoms with Gasteiger partial charge >= 0.3 is 5.97 Å². The van der Waals surface area contributed by atoms with Crippen LogP contribution in [0.25, 0.3) is 10.4 Å². The van der Waals surface area contributed by atoms with E-state index in [1.165, 1.54) is 4.88 Å². The van der Waals surface area contributed by atoms with E-state index in [1.807, 2.05) is 29.6 Å². The van der Waals surface area contributed by atoms with Gasteiger partial charge in [-0.15, -0.1) is 11.3 Å². The molecule has 0 aromatic carbocycles. The Balaban J connectivity index is 2.26. The molecule has 1 atom stereocenters. The molecule has 0 amide bonds. The zero-order valence-electron chi connectivity index (χ0n) is 8.01. The van der Waals surface area contributed by atoms with Crippen molar-refractivity contribution in [1.82, 2.24) is 0 Å². The van der Waals surface area contributed by atoms with E-state index in [-0.39, 0.29) is 0 Å². The molecule has 2 aliphatic rings. The fraction of sp³-hybridized carbons (Fsp3) is 0.182. The highest BCUT2D eigenvalue weighted by atomic mass is 32.1. The first-order valence-electron chi connectivity index (χ1n) is 4.62. The Labute approximate surface area is 91.5 Å². The number of hydrogen-bond donors (Lipinski definition) is 2. The largest absolute Gasteiger partial charge is 0.480 e. The summed E-state index contributed by atoms with van der Waals surface area (Å²) in [6.07, 6.45) is 0.384. The number of hydrogen-bond acceptors (Lipinski definition) is 3. The zero-order valence-corrected chi connectivity index (χ0v) is 8.83. The Morgan fingerprint density at radius 3 is 3.00 bits per heavy atom. The van der Waals surface area contributed by atoms with E-state index in [2.05, 4.69) is 0 Å². The van der Waals surface area contributed by atoms with Crippen LogP contribution in [-0.4, -0.2) is 17.1 Å². The lowest BCUT2D eigenvalue weighted by Crippen LogP contribution is -2.32. The summed E-state index contributed by atoms with van der Waals surface area (Å²) in [7, 11) is 0. The Kier molecular flexibility index (Phi) is 2.70. The molecule has 0 bridgehead atoms. The minimum atomic E-state index is -0.955. The fourth-order valence-electron chi connectivity index (χ4n) is 1.56. The van der Waals surface area contributed by atoms with Crippen LogP contribution < -0.4 is 5.73 Å². The topological polar surface area (TPSA) is 63.3 Å². The van der Waals surface area contributed by atoms with Crippen LogP contribution in [0.4, 0.5) is 0 Å². The molecule has 0 saturated heterocycles. The molecule has 2 rings (SSSR count). The van der Waals surface area contributed by atoms with Crippen molar-refractivity contribution in [2.75, 3.05) is 0 Å². The van der Waals surface area contributed by atoms with Gasteiger partial charge in [0.2, 0.25) is 0 Å². The maximum absolute atomic E-state index is 10.6. The molecule has 0 radical (unpaired) electrons. The van der Waals surface area contributed by atoms with Gasteiger partial charge in [0.1, 0.15) is 6.04 Å². The highest BCUT2D eigenvalue weighted by Crippen LogP contribution is 2.31. The standard InChI is InChI=1S/C11H11NO2S/c12-9(11(13)14)6-7-3-4-10-8(7)2-1-5-15-10/h1-5,9H,6,12H2,(H,13,14). The summed E-state index contributed by atoms with van der Waals surface area (Å²) in [5, 5.41) is 10.7. The van der Waals surface area contributed by atoms with Crippen molar-refractivity contribution in [3.05, 3.63) is 35.2 Å². The second-order valence-electron chi connectivity index (χ2n) is 3.40. The summed E-state index contributed by atoms with van der Waals surface area (Å²) in [5.41, 5.74) is 7.62. The molecule has 4 heteroatoms. The third-order valence-electron chi connectivity index (χ3n) is 2.34. The summed E-state index contributed by atoms with van der Waals surface area (Å²) in [5.74, 6) is -0.955. The molecule has 1 aliphatic heterocycles. The van der Waals surface area contributed by atoms with E-state index < -0.39 is 12.0 Å². The van der Waals surface area contributed by atoms with E-state index >= 15 is 0 Å². The number of carboxylic acids is 1. The van der Waals surface area contributed by atoms with Crippen LogP contribution in [0.1, 0.15) is 5.56 Å². The first-order valence-corrected chi connectivity index (χ1v) is 5.50. The molecule has 0 aromatic heterocycles. The third kappa shape index (κ3) is 2.00. The Morgan fingerprint density at radius 2 is 2.27 bits per heavy atom. The summed E-state index contributed by atoms with van der Waals surface area (Å²) in [6.45, 7) is 0. The van der Waals surface area contributed by atoms with Crippen molar-refractivity contribution < 1.29 is 9.90 Å². The van der Waals surface area contributed by atoms with Crippen molar-refractivity contribution in [3.8, 4) is 10.4 Å². The Bertz CT molecular complexity index is 452. The van der Waals surface area contributed by atoms with Gasteiger partial charge in [-0.05, 0) is 29.0 Å². The van der Waals surface area contributed by atoms with Gasteiger partial charge in [0.15, 0.2) is 0 Å². The summed E-state index contributed by atoms with van der Waals surface area (Å²) in [6, 6.07) is 7.09. The highest BCUT2D eigenvalue weighted by molar-refractivity contribution is 7.13. The minimum Gasteiger partial charge on any atom is -0.480 e. The van der Waals surface area contributed by atoms with Crippen molar-refractivity contribution in [2.24, 2.45) is 5.73 Å². The maximum Gasteiger partial charge on any atom is 0.320 e. The smallest absolute Gasteiger partial charge is 0.320 e. The SMILES string of the molecule is NC(Cc1ccc2scccc1-2)C(=O)O. The van der Waals surface area contributed by atoms with Crippen LogP contribution in [0.2, 0.25) is 0 Å². The number of carbonyl (C=O) groups is 1. The molecule has 1 unspecified atom stereocenters. The summed E-state index contributed by atoms with van der Waals surface area (Å²) >= 11 is 1.64. The predicted molar refractivity (Wildman–Crippen MR) is 60.3 cm³/mol. The lowest BCUT2D eigenvalue weighted by atomic mass is 10.1. The van der Waals surface area contributed by atoms with E-state index in [9.17, 15) is 4.79 Å². The quantitative estimate of drug-likeness (QED) is 0.830. The van der Waals surface area contributed by atoms with Gasteiger partial charge in [-0.25, -0.2) is 0 Å². The minimum absolute atomic E-state index is 0.384. The van der Waals surface area contributed by atoms with Gasteiger partial charge in [-0.2, -0.15) is 0 Å². The molecule has 0 aromatic rings. The maximum atomic E-state index is 10.6. The van der Waals surface area contributed by atoms with Crippen LogP contribution >= 0.6 is 11.3 Å². The van der Waals surface area contributed by atoms with Gasteiger partial charge in [-0.3, -0.25) is 4.79 Å². The second-order valence-corrected chi connectivity index (χ2v) is 4.35. The van der Waals surface area contributed by atoms with Gasteiger partial charge in [0.05, 0.1) is 0 Å². The first-order chi connectivity index (χ1) is 7.18. The van der Waals surface area contributed by atoms with Crippen molar-refractivity contribution >= 4 is 17.3 Å². The molecule has 1 heterocycles. The van der Waals surface area contributed by atoms with Gasteiger partial charge in [0, 0.05) is 4.88 Å². The highest BCUT2D eigenvalue weighted by Gasteiger charge is 2.16. The van der Waals surface area contributed by atoms with Crippen molar-refractivity contribution in [2.45, 2.75) is 12.5 Å². The molecule has 0 spiro atoms. The van der Waals surface area contributed by atoms with Crippen molar-refractivity contribution in [3.63, 3.8) is 0 Å². The van der Waals surface area contributed by atoms with Crippen LogP contribution in [0.15, 0.2) is 29.6 Å². The first kappa shape index (κ1) is 10.1. The number of fused-ring (bicyclic) bond motifs is 1. The van der Waals surface area contributed by atoms with Gasteiger partial charge in [0.25, 0.3) is 0 Å². The van der Waals surface area contributed by atoms with Gasteiger partial charge in [-0.1, -0.05) is 18.2 Å². The lowest BCUT2D eigenvalue weighted by Gasteiger charge is -2.06. The molecule has 15 heavy (non-hydrogen) atoms. The monoisotopic (exact) mass is 221 g/mol. The van der Waals surface area contributed by atoms with Crippen LogP contribution in [0, 0.1) is 0 Å². The Hall–Kier alpha value is -1.39. The molecule has 0 saturated carbocycles. The molecule has 78 valence electrons. The second kappa shape index (κ2) is 4.00. The number of aliphatic carboxylic acids is 1. The molecule has 0 fully saturated rings. The number of nitrogens with two attached hydrogens (primary N) is 1. The fourth-order valence-corrected chi connectivity index (χ4v) is 2.33. The summed E-state index contributed by atoms with van der Waals surface area (Å²) < 4.78 is 0. The number of rotatable bonds is 3. The molecule has 3 nitrogen and oxygen atoms in total. The normalized spacial score (nSPS) is 12.9. The molecule has 3 N–H and O–H groups in total. The van der Waals surface area contributed by atoms with Crippen molar-refractivity contribution in [1.29, 1.82) is 0 Å². The predicted octanol–water partition coefficient (Wildman–Crippen LogP) is 1.81. The molecule has 1 aliphatic carbocycles. The van der Waals surface area contributed by atoms with Crippen LogP contribution in [-0.2, 0) is 11.2 Å². The van der Waals surface area contributed by atoms with E-state index in [4.69, 9.17) is 10.8 Å². The average Bonchev–Trinajstić information content (AvgIpc) is 2.62. The molecular formula is C11H11NO2S. The average molecular weight is 221 g/mol. The van der Waals surface area contributed by atoms with Gasteiger partial charge < -0.3 is 10.8 Å². The third-order valence-corrected chi connectivity index (χ3v) is 3.24. The zero-order chi connectivity index (χ0) is 10.8. The van der Waals surface area contributed by atoms with E-state index in [1.54, 1.807) is 11.3 Å². The lowest BCUT2D eigenvalue weighted by molar-refractivity contribution is -0.138.